The number of carbonyl (C=O) groups excluding carboxylic acids is 1. The molecule has 2 saturated heterocycles. The van der Waals surface area contributed by atoms with Gasteiger partial charge in [-0.25, -0.2) is 13.6 Å². The smallest absolute Gasteiger partial charge is 0.410 e. The molecule has 292 valence electrons. The van der Waals surface area contributed by atoms with Gasteiger partial charge in [0.25, 0.3) is 0 Å². The number of carbonyl (C=O) groups is 1. The molecule has 15 heteroatoms. The van der Waals surface area contributed by atoms with Crippen molar-refractivity contribution in [1.29, 1.82) is 0 Å². The van der Waals surface area contributed by atoms with Crippen molar-refractivity contribution >= 4 is 29.3 Å². The molecule has 1 amide bonds. The Morgan fingerprint density at radius 2 is 1.48 bits per heavy atom. The molecule has 0 saturated carbocycles. The van der Waals surface area contributed by atoms with Crippen molar-refractivity contribution in [2.75, 3.05) is 40.4 Å². The Hall–Kier alpha value is -4.43. The Morgan fingerprint density at radius 1 is 0.870 bits per heavy atom. The summed E-state index contributed by atoms with van der Waals surface area (Å²) >= 11 is 11.6. The summed E-state index contributed by atoms with van der Waals surface area (Å²) in [6, 6.07) is 12.6. The molecule has 4 atom stereocenters. The van der Waals surface area contributed by atoms with Crippen LogP contribution in [0, 0.1) is 23.5 Å². The zero-order valence-electron chi connectivity index (χ0n) is 30.8. The molecule has 2 aliphatic rings. The number of aromatic nitrogens is 2. The van der Waals surface area contributed by atoms with Crippen molar-refractivity contribution in [3.63, 3.8) is 0 Å². The molecule has 2 aromatic heterocycles. The molecule has 4 heterocycles. The molecule has 0 unspecified atom stereocenters. The third-order valence-corrected chi connectivity index (χ3v) is 8.96. The van der Waals surface area contributed by atoms with Gasteiger partial charge >= 0.3 is 6.09 Å². The predicted octanol–water partition coefficient (Wildman–Crippen LogP) is 8.18. The highest BCUT2D eigenvalue weighted by Gasteiger charge is 2.34. The Bertz CT molecular complexity index is 1830. The molecule has 6 rings (SSSR count). The molecule has 3 N–H and O–H groups in total. The summed E-state index contributed by atoms with van der Waals surface area (Å²) in [5, 5.41) is 23.8. The van der Waals surface area contributed by atoms with Gasteiger partial charge in [-0.2, -0.15) is 0 Å². The number of nitrogens with zero attached hydrogens (tertiary/aromatic N) is 3. The number of hydrogen-bond acceptors (Lipinski definition) is 10. The van der Waals surface area contributed by atoms with Gasteiger partial charge < -0.3 is 39.4 Å². The van der Waals surface area contributed by atoms with E-state index in [0.29, 0.717) is 52.4 Å². The van der Waals surface area contributed by atoms with Gasteiger partial charge in [0.05, 0.1) is 32.7 Å². The highest BCUT2D eigenvalue weighted by atomic mass is 35.5. The number of likely N-dealkylation sites (tertiary alicyclic amines) is 1. The first kappa shape index (κ1) is 42.3. The zero-order valence-corrected chi connectivity index (χ0v) is 32.3. The SMILES string of the molecule is CC(C)(C)OC(=O)N1CC[C@H]([C@H](O)c2cncc(F)c2)C1.COc1cc(Cl)ccc1O.COc1cc(Cl)ccc1O[C@@H](c1cncc(F)c1)[C@H]1CCNC1. The Balaban J connectivity index is 0.000000194. The number of ether oxygens (including phenoxy) is 4. The van der Waals surface area contributed by atoms with E-state index in [4.69, 9.17) is 47.3 Å². The van der Waals surface area contributed by atoms with Gasteiger partial charge in [0.1, 0.15) is 23.3 Å². The average Bonchev–Trinajstić information content (AvgIpc) is 3.85. The maximum absolute atomic E-state index is 13.6. The van der Waals surface area contributed by atoms with E-state index < -0.39 is 17.5 Å². The molecule has 4 aromatic rings. The summed E-state index contributed by atoms with van der Waals surface area (Å²) in [4.78, 5) is 21.2. The lowest BCUT2D eigenvalue weighted by molar-refractivity contribution is 0.0267. The molecule has 0 spiro atoms. The van der Waals surface area contributed by atoms with Crippen molar-refractivity contribution in [3.8, 4) is 23.0 Å². The maximum atomic E-state index is 13.6. The lowest BCUT2D eigenvalue weighted by Gasteiger charge is -2.25. The number of halogens is 4. The fourth-order valence-electron chi connectivity index (χ4n) is 5.88. The third kappa shape index (κ3) is 12.6. The number of methoxy groups -OCH3 is 2. The molecular formula is C39H46Cl2F2N4O7. The van der Waals surface area contributed by atoms with Crippen LogP contribution in [-0.4, -0.2) is 77.2 Å². The van der Waals surface area contributed by atoms with Crippen LogP contribution < -0.4 is 19.5 Å². The summed E-state index contributed by atoms with van der Waals surface area (Å²) < 4.78 is 48.3. The Morgan fingerprint density at radius 3 is 2.06 bits per heavy atom. The minimum absolute atomic E-state index is 0.104. The first-order valence-corrected chi connectivity index (χ1v) is 18.0. The molecule has 0 aliphatic carbocycles. The van der Waals surface area contributed by atoms with E-state index in [1.807, 2.05) is 20.8 Å². The summed E-state index contributed by atoms with van der Waals surface area (Å²) in [6.07, 6.45) is 5.47. The van der Waals surface area contributed by atoms with Gasteiger partial charge in [-0.15, -0.1) is 0 Å². The number of aromatic hydroxyl groups is 1. The van der Waals surface area contributed by atoms with Gasteiger partial charge in [0.15, 0.2) is 23.0 Å². The zero-order chi connectivity index (χ0) is 39.4. The van der Waals surface area contributed by atoms with E-state index in [-0.39, 0.29) is 35.6 Å². The lowest BCUT2D eigenvalue weighted by Crippen LogP contribution is -2.35. The van der Waals surface area contributed by atoms with Crippen LogP contribution in [0.15, 0.2) is 73.3 Å². The Labute approximate surface area is 324 Å². The number of amides is 1. The summed E-state index contributed by atoms with van der Waals surface area (Å²) in [7, 11) is 3.04. The van der Waals surface area contributed by atoms with Crippen LogP contribution >= 0.6 is 23.2 Å². The number of aliphatic hydroxyl groups is 1. The van der Waals surface area contributed by atoms with Crippen molar-refractivity contribution < 1.29 is 42.7 Å². The summed E-state index contributed by atoms with van der Waals surface area (Å²) in [5.74, 6) is 0.883. The van der Waals surface area contributed by atoms with E-state index in [1.54, 1.807) is 48.5 Å². The molecule has 0 bridgehead atoms. The van der Waals surface area contributed by atoms with Crippen molar-refractivity contribution in [1.82, 2.24) is 20.2 Å². The molecule has 54 heavy (non-hydrogen) atoms. The second-order valence-corrected chi connectivity index (χ2v) is 14.6. The third-order valence-electron chi connectivity index (χ3n) is 8.49. The summed E-state index contributed by atoms with van der Waals surface area (Å²) in [5.41, 5.74) is 0.613. The topological polar surface area (TPSA) is 136 Å². The number of aliphatic hydroxyl groups excluding tert-OH is 1. The number of phenols is 1. The Kier molecular flexibility index (Phi) is 15.5. The van der Waals surface area contributed by atoms with Crippen molar-refractivity contribution in [3.05, 3.63) is 106 Å². The molecular weight excluding hydrogens is 745 g/mol. The van der Waals surface area contributed by atoms with E-state index in [9.17, 15) is 18.7 Å². The van der Waals surface area contributed by atoms with E-state index in [0.717, 1.165) is 31.3 Å². The van der Waals surface area contributed by atoms with Crippen LogP contribution in [0.4, 0.5) is 13.6 Å². The first-order valence-electron chi connectivity index (χ1n) is 17.3. The van der Waals surface area contributed by atoms with E-state index in [2.05, 4.69) is 15.3 Å². The van der Waals surface area contributed by atoms with Crippen molar-refractivity contribution in [2.45, 2.75) is 51.4 Å². The fourth-order valence-corrected chi connectivity index (χ4v) is 6.21. The highest BCUT2D eigenvalue weighted by molar-refractivity contribution is 6.31. The second kappa shape index (κ2) is 19.8. The minimum atomic E-state index is -0.833. The summed E-state index contributed by atoms with van der Waals surface area (Å²) in [6.45, 7) is 8.09. The van der Waals surface area contributed by atoms with Gasteiger partial charge in [0, 0.05) is 77.2 Å². The first-order chi connectivity index (χ1) is 25.7. The van der Waals surface area contributed by atoms with Gasteiger partial charge in [0.2, 0.25) is 0 Å². The normalized spacial score (nSPS) is 17.6. The van der Waals surface area contributed by atoms with E-state index >= 15 is 0 Å². The van der Waals surface area contributed by atoms with Crippen LogP contribution in [0.5, 0.6) is 23.0 Å². The standard InChI is InChI=1S/C17H18ClFN2O2.C15H21FN2O3.C7H7ClO2/c1-22-16-7-13(18)2-3-15(16)23-17(11-4-5-20-8-11)12-6-14(19)10-21-9-12;1-15(2,3)21-14(20)18-5-4-10(9-18)13(19)11-6-12(16)8-17-7-11;1-10-7-4-5(8)2-3-6(7)9/h2-3,6-7,9-11,17,20H,4-5,8H2,1H3;6-8,10,13,19H,4-5,9H2,1-3H3;2-4,9H,1H3/t11-,17+;10-,13-;/m00./s1. The van der Waals surface area contributed by atoms with Gasteiger partial charge in [-0.05, 0) is 76.6 Å². The molecule has 0 radical (unpaired) electrons. The number of rotatable bonds is 8. The largest absolute Gasteiger partial charge is 0.504 e. The highest BCUT2D eigenvalue weighted by Crippen LogP contribution is 2.38. The number of benzene rings is 2. The molecule has 2 aromatic carbocycles. The second-order valence-electron chi connectivity index (χ2n) is 13.7. The van der Waals surface area contributed by atoms with Crippen molar-refractivity contribution in [2.24, 2.45) is 11.8 Å². The maximum Gasteiger partial charge on any atom is 0.410 e. The van der Waals surface area contributed by atoms with Crippen LogP contribution in [0.1, 0.15) is 56.9 Å². The minimum Gasteiger partial charge on any atom is -0.504 e. The predicted molar refractivity (Wildman–Crippen MR) is 201 cm³/mol. The fraction of sp³-hybridized carbons (Fsp3) is 0.410. The number of pyridine rings is 2. The molecule has 2 aliphatic heterocycles. The number of hydrogen-bond donors (Lipinski definition) is 3. The van der Waals surface area contributed by atoms with Gasteiger partial charge in [-0.3, -0.25) is 9.97 Å². The van der Waals surface area contributed by atoms with E-state index in [1.165, 1.54) is 37.7 Å². The number of nitrogens with one attached hydrogen (secondary N) is 1. The molecule has 11 nitrogen and oxygen atoms in total. The monoisotopic (exact) mass is 790 g/mol. The van der Waals surface area contributed by atoms with Crippen LogP contribution in [-0.2, 0) is 4.74 Å². The number of phenolic OH excluding ortho intramolecular Hbond substituents is 1. The average molecular weight is 792 g/mol. The molecule has 2 fully saturated rings. The quantitative estimate of drug-likeness (QED) is 0.160. The van der Waals surface area contributed by atoms with Crippen LogP contribution in [0.2, 0.25) is 10.0 Å². The van der Waals surface area contributed by atoms with Crippen LogP contribution in [0.25, 0.3) is 0 Å². The van der Waals surface area contributed by atoms with Gasteiger partial charge in [-0.1, -0.05) is 23.2 Å². The van der Waals surface area contributed by atoms with Crippen LogP contribution in [0.3, 0.4) is 0 Å². The lowest BCUT2D eigenvalue weighted by atomic mass is 9.96.